The van der Waals surface area contributed by atoms with Gasteiger partial charge in [0.05, 0.1) is 12.9 Å². The standard InChI is InChI=1S/C16H26N5O6PS2/c1-2-3-4-5-6-30-16-19-13(17)10-14(20-16)21(8-18-10)15-12(23)11(22)9(27-15)7-26-28(24,25)29/h8-9,11-12,15,22-23H,2-7H2,1H3,(H2,17,19,20)(H2,24,25,29)/p-2/t9-,11-,12-,15?/m1/s1. The lowest BCUT2D eigenvalue weighted by Gasteiger charge is -2.35. The summed E-state index contributed by atoms with van der Waals surface area (Å²) in [6.45, 7) is -2.78. The highest BCUT2D eigenvalue weighted by Crippen LogP contribution is 2.35. The van der Waals surface area contributed by atoms with E-state index in [0.717, 1.165) is 25.0 Å². The Morgan fingerprint density at radius 2 is 2.07 bits per heavy atom. The van der Waals surface area contributed by atoms with E-state index >= 15 is 0 Å². The number of aliphatic hydroxyl groups is 2. The number of imidazole rings is 1. The molecule has 0 spiro atoms. The molecule has 1 saturated heterocycles. The van der Waals surface area contributed by atoms with Crippen LogP contribution in [-0.4, -0.2) is 60.4 Å². The molecule has 0 aromatic carbocycles. The van der Waals surface area contributed by atoms with Crippen molar-refractivity contribution in [3.63, 3.8) is 0 Å². The van der Waals surface area contributed by atoms with Crippen LogP contribution < -0.4 is 15.5 Å². The third-order valence-electron chi connectivity index (χ3n) is 4.67. The molecule has 0 amide bonds. The Morgan fingerprint density at radius 1 is 1.30 bits per heavy atom. The van der Waals surface area contributed by atoms with E-state index in [1.807, 2.05) is 0 Å². The molecule has 1 aliphatic rings. The van der Waals surface area contributed by atoms with Crippen LogP contribution in [-0.2, 0) is 21.1 Å². The van der Waals surface area contributed by atoms with E-state index in [0.29, 0.717) is 16.3 Å². The van der Waals surface area contributed by atoms with E-state index in [9.17, 15) is 20.0 Å². The zero-order valence-corrected chi connectivity index (χ0v) is 18.8. The van der Waals surface area contributed by atoms with Crippen LogP contribution >= 0.6 is 18.5 Å². The molecule has 1 unspecified atom stereocenters. The first-order valence-electron chi connectivity index (χ1n) is 9.52. The van der Waals surface area contributed by atoms with Crippen molar-refractivity contribution >= 4 is 47.3 Å². The Morgan fingerprint density at radius 3 is 2.77 bits per heavy atom. The molecule has 2 aromatic heterocycles. The van der Waals surface area contributed by atoms with Gasteiger partial charge in [-0.1, -0.05) is 44.7 Å². The molecule has 0 saturated carbocycles. The van der Waals surface area contributed by atoms with Crippen LogP contribution in [0.1, 0.15) is 38.8 Å². The molecule has 2 aromatic rings. The Bertz CT molecular complexity index is 912. The number of hydrogen-bond acceptors (Lipinski definition) is 12. The first kappa shape index (κ1) is 23.8. The monoisotopic (exact) mass is 477 g/mol. The number of aliphatic hydroxyl groups excluding tert-OH is 2. The van der Waals surface area contributed by atoms with Gasteiger partial charge in [0.25, 0.3) is 0 Å². The van der Waals surface area contributed by atoms with Crippen molar-refractivity contribution in [2.24, 2.45) is 0 Å². The smallest absolute Gasteiger partial charge is 0.191 e. The van der Waals surface area contributed by atoms with Crippen molar-refractivity contribution < 1.29 is 29.3 Å². The van der Waals surface area contributed by atoms with Crippen LogP contribution in [0.5, 0.6) is 0 Å². The molecular weight excluding hydrogens is 453 g/mol. The summed E-state index contributed by atoms with van der Waals surface area (Å²) in [6, 6.07) is 0. The highest BCUT2D eigenvalue weighted by atomic mass is 32.5. The molecule has 1 fully saturated rings. The van der Waals surface area contributed by atoms with Crippen molar-refractivity contribution in [1.29, 1.82) is 0 Å². The quantitative estimate of drug-likeness (QED) is 0.176. The van der Waals surface area contributed by atoms with Gasteiger partial charge in [-0.15, -0.1) is 11.8 Å². The van der Waals surface area contributed by atoms with Crippen LogP contribution in [0, 0.1) is 0 Å². The molecule has 3 heterocycles. The Kier molecular flexibility index (Phi) is 8.04. The summed E-state index contributed by atoms with van der Waals surface area (Å²) in [5.41, 5.74) is 6.70. The first-order valence-corrected chi connectivity index (χ1v) is 13.1. The molecule has 3 rings (SSSR count). The first-order chi connectivity index (χ1) is 14.2. The van der Waals surface area contributed by atoms with E-state index in [4.69, 9.17) is 10.5 Å². The van der Waals surface area contributed by atoms with Crippen LogP contribution in [0.2, 0.25) is 0 Å². The number of anilines is 1. The van der Waals surface area contributed by atoms with Gasteiger partial charge in [-0.2, -0.15) is 0 Å². The summed E-state index contributed by atoms with van der Waals surface area (Å²) in [4.78, 5) is 35.0. The van der Waals surface area contributed by atoms with E-state index < -0.39 is 37.9 Å². The third-order valence-corrected chi connectivity index (χ3v) is 6.38. The molecule has 0 radical (unpaired) electrons. The fraction of sp³-hybridized carbons (Fsp3) is 0.688. The predicted molar refractivity (Wildman–Crippen MR) is 111 cm³/mol. The second kappa shape index (κ2) is 10.2. The van der Waals surface area contributed by atoms with Crippen LogP contribution in [0.15, 0.2) is 11.5 Å². The number of nitrogen functional groups attached to an aromatic ring is 1. The van der Waals surface area contributed by atoms with Gasteiger partial charge in [0.2, 0.25) is 0 Å². The number of ether oxygens (including phenoxy) is 1. The summed E-state index contributed by atoms with van der Waals surface area (Å²) in [5.74, 6) is 1.04. The lowest BCUT2D eigenvalue weighted by atomic mass is 10.1. The second-order valence-electron chi connectivity index (χ2n) is 6.91. The highest BCUT2D eigenvalue weighted by molar-refractivity contribution is 8.05. The fourth-order valence-corrected chi connectivity index (χ4v) is 4.48. The van der Waals surface area contributed by atoms with Crippen LogP contribution in [0.4, 0.5) is 5.82 Å². The van der Waals surface area contributed by atoms with Gasteiger partial charge in [-0.05, 0) is 6.42 Å². The molecule has 4 N–H and O–H groups in total. The topological polar surface area (TPSA) is 175 Å². The lowest BCUT2D eigenvalue weighted by molar-refractivity contribution is -0.322. The lowest BCUT2D eigenvalue weighted by Crippen LogP contribution is -2.34. The minimum absolute atomic E-state index is 0.195. The van der Waals surface area contributed by atoms with Gasteiger partial charge in [0, 0.05) is 5.75 Å². The zero-order valence-electron chi connectivity index (χ0n) is 16.3. The van der Waals surface area contributed by atoms with E-state index in [1.165, 1.54) is 29.1 Å². The van der Waals surface area contributed by atoms with Gasteiger partial charge >= 0.3 is 0 Å². The van der Waals surface area contributed by atoms with Gasteiger partial charge < -0.3 is 35.0 Å². The number of hydrogen-bond donors (Lipinski definition) is 3. The van der Waals surface area contributed by atoms with Crippen molar-refractivity contribution in [3.8, 4) is 0 Å². The maximum absolute atomic E-state index is 11.1. The van der Waals surface area contributed by atoms with Crippen molar-refractivity contribution in [3.05, 3.63) is 6.33 Å². The highest BCUT2D eigenvalue weighted by Gasteiger charge is 2.44. The minimum Gasteiger partial charge on any atom is -0.812 e. The third kappa shape index (κ3) is 5.67. The van der Waals surface area contributed by atoms with Crippen LogP contribution in [0.3, 0.4) is 0 Å². The van der Waals surface area contributed by atoms with E-state index in [2.05, 4.69) is 38.2 Å². The SMILES string of the molecule is CCCCCCSc1nc(N)c2ncn(C3O[C@H](COP([O-])([O-])=S)[C@@H](O)[C@H]3O)c2n1. The largest absolute Gasteiger partial charge is 0.812 e. The minimum atomic E-state index is -4.41. The van der Waals surface area contributed by atoms with Crippen LogP contribution in [0.25, 0.3) is 11.2 Å². The average molecular weight is 478 g/mol. The van der Waals surface area contributed by atoms with Gasteiger partial charge in [0.1, 0.15) is 23.8 Å². The maximum Gasteiger partial charge on any atom is 0.191 e. The molecule has 0 aliphatic carbocycles. The summed E-state index contributed by atoms with van der Waals surface area (Å²) in [5, 5.41) is 21.1. The number of unbranched alkanes of at least 4 members (excludes halogenated alkanes) is 3. The molecular formula is C16H24N5O6PS2-2. The fourth-order valence-electron chi connectivity index (χ4n) is 3.12. The number of rotatable bonds is 10. The molecule has 11 nitrogen and oxygen atoms in total. The molecule has 168 valence electrons. The van der Waals surface area contributed by atoms with Gasteiger partial charge in [-0.3, -0.25) is 4.57 Å². The molecule has 1 aliphatic heterocycles. The Balaban J connectivity index is 1.77. The van der Waals surface area contributed by atoms with Crippen molar-refractivity contribution in [1.82, 2.24) is 19.5 Å². The summed E-state index contributed by atoms with van der Waals surface area (Å²) in [6.07, 6.45) is 0.945. The Hall–Kier alpha value is -0.890. The predicted octanol–water partition coefficient (Wildman–Crippen LogP) is -0.338. The number of nitrogens with zero attached hydrogens (tertiary/aromatic N) is 4. The molecule has 4 atom stereocenters. The number of nitrogens with two attached hydrogens (primary N) is 1. The van der Waals surface area contributed by atoms with Gasteiger partial charge in [-0.25, -0.2) is 15.0 Å². The second-order valence-corrected chi connectivity index (χ2v) is 10.5. The Labute approximate surface area is 182 Å². The molecule has 30 heavy (non-hydrogen) atoms. The summed E-state index contributed by atoms with van der Waals surface area (Å²) >= 11 is 5.65. The maximum atomic E-state index is 11.1. The van der Waals surface area contributed by atoms with Crippen molar-refractivity contribution in [2.75, 3.05) is 18.1 Å². The van der Waals surface area contributed by atoms with Crippen molar-refractivity contribution in [2.45, 2.75) is 62.3 Å². The van der Waals surface area contributed by atoms with E-state index in [-0.39, 0.29) is 5.82 Å². The number of thioether (sulfide) groups is 1. The van der Waals surface area contributed by atoms with Gasteiger partial charge in [0.15, 0.2) is 22.8 Å². The summed E-state index contributed by atoms with van der Waals surface area (Å²) < 4.78 is 11.6. The number of fused-ring (bicyclic) bond motifs is 1. The summed E-state index contributed by atoms with van der Waals surface area (Å²) in [7, 11) is 0. The normalized spacial score (nSPS) is 24.7. The molecule has 0 bridgehead atoms. The molecule has 14 heteroatoms. The number of aromatic nitrogens is 4. The zero-order chi connectivity index (χ0) is 21.9. The average Bonchev–Trinajstić information content (AvgIpc) is 3.21. The van der Waals surface area contributed by atoms with E-state index in [1.54, 1.807) is 0 Å².